The molecule has 3 rings (SSSR count). The van der Waals surface area contributed by atoms with Gasteiger partial charge in [0.05, 0.1) is 10.6 Å². The fraction of sp³-hybridized carbons (Fsp3) is 0.286. The fourth-order valence-electron chi connectivity index (χ4n) is 3.73. The molecule has 3 aromatic carbocycles. The maximum absolute atomic E-state index is 13.7. The Balaban J connectivity index is 1.98. The second-order valence-corrected chi connectivity index (χ2v) is 10.6. The van der Waals surface area contributed by atoms with Crippen LogP contribution in [0.1, 0.15) is 31.4 Å². The zero-order chi connectivity index (χ0) is 27.0. The lowest BCUT2D eigenvalue weighted by Crippen LogP contribution is -2.51. The normalized spacial score (nSPS) is 12.0. The Hall–Kier alpha value is -3.72. The number of amides is 2. The number of carbonyl (C=O) groups excluding carboxylic acids is 2. The molecule has 37 heavy (non-hydrogen) atoms. The highest BCUT2D eigenvalue weighted by Crippen LogP contribution is 2.24. The highest BCUT2D eigenvalue weighted by molar-refractivity contribution is 7.92. The lowest BCUT2D eigenvalue weighted by atomic mass is 10.1. The minimum absolute atomic E-state index is 0.00698. The van der Waals surface area contributed by atoms with Gasteiger partial charge in [-0.2, -0.15) is 0 Å². The summed E-state index contributed by atoms with van der Waals surface area (Å²) in [6, 6.07) is 19.5. The van der Waals surface area contributed by atoms with Gasteiger partial charge in [0.1, 0.15) is 18.4 Å². The molecule has 0 aliphatic rings. The fourth-order valence-corrected chi connectivity index (χ4v) is 5.14. The number of rotatable bonds is 11. The van der Waals surface area contributed by atoms with Crippen molar-refractivity contribution in [2.75, 3.05) is 17.4 Å². The average molecular weight is 526 g/mol. The van der Waals surface area contributed by atoms with Gasteiger partial charge in [0.2, 0.25) is 11.8 Å². The molecule has 0 saturated carbocycles. The van der Waals surface area contributed by atoms with Crippen molar-refractivity contribution < 1.29 is 22.4 Å². The molecule has 9 heteroatoms. The van der Waals surface area contributed by atoms with E-state index in [9.17, 15) is 22.4 Å². The van der Waals surface area contributed by atoms with E-state index in [1.165, 1.54) is 41.3 Å². The van der Waals surface area contributed by atoms with Gasteiger partial charge >= 0.3 is 0 Å². The highest BCUT2D eigenvalue weighted by Gasteiger charge is 2.32. The smallest absolute Gasteiger partial charge is 0.264 e. The van der Waals surface area contributed by atoms with E-state index in [4.69, 9.17) is 0 Å². The van der Waals surface area contributed by atoms with E-state index in [0.29, 0.717) is 17.8 Å². The van der Waals surface area contributed by atoms with Gasteiger partial charge < -0.3 is 10.2 Å². The molecule has 2 amide bonds. The first-order valence-electron chi connectivity index (χ1n) is 12.1. The van der Waals surface area contributed by atoms with Gasteiger partial charge in [-0.05, 0) is 62.2 Å². The van der Waals surface area contributed by atoms with E-state index in [1.807, 2.05) is 13.8 Å². The second kappa shape index (κ2) is 12.5. The van der Waals surface area contributed by atoms with Gasteiger partial charge in [0.25, 0.3) is 10.0 Å². The summed E-state index contributed by atoms with van der Waals surface area (Å²) in [5, 5.41) is 2.78. The van der Waals surface area contributed by atoms with Crippen LogP contribution in [-0.2, 0) is 26.2 Å². The van der Waals surface area contributed by atoms with Crippen LogP contribution in [0.25, 0.3) is 0 Å². The minimum Gasteiger partial charge on any atom is -0.354 e. The van der Waals surface area contributed by atoms with Gasteiger partial charge in [-0.1, -0.05) is 55.0 Å². The van der Waals surface area contributed by atoms with Crippen LogP contribution in [-0.4, -0.2) is 44.3 Å². The number of aryl methyl sites for hydroxylation is 1. The zero-order valence-corrected chi connectivity index (χ0v) is 22.0. The summed E-state index contributed by atoms with van der Waals surface area (Å²) in [6.07, 6.45) is 0.723. The van der Waals surface area contributed by atoms with Crippen molar-refractivity contribution >= 4 is 27.5 Å². The van der Waals surface area contributed by atoms with E-state index in [2.05, 4.69) is 5.32 Å². The molecule has 0 radical (unpaired) electrons. The molecular weight excluding hydrogens is 493 g/mol. The number of anilines is 1. The molecule has 3 aromatic rings. The largest absolute Gasteiger partial charge is 0.354 e. The van der Waals surface area contributed by atoms with Gasteiger partial charge in [0.15, 0.2) is 0 Å². The van der Waals surface area contributed by atoms with Gasteiger partial charge in [0, 0.05) is 13.1 Å². The van der Waals surface area contributed by atoms with Crippen molar-refractivity contribution in [1.82, 2.24) is 10.2 Å². The first-order valence-corrected chi connectivity index (χ1v) is 13.5. The van der Waals surface area contributed by atoms with Gasteiger partial charge in [-0.15, -0.1) is 0 Å². The van der Waals surface area contributed by atoms with Crippen LogP contribution < -0.4 is 9.62 Å². The maximum Gasteiger partial charge on any atom is 0.264 e. The third-order valence-electron chi connectivity index (χ3n) is 5.91. The summed E-state index contributed by atoms with van der Waals surface area (Å²) < 4.78 is 41.9. The van der Waals surface area contributed by atoms with Crippen LogP contribution in [0.2, 0.25) is 0 Å². The standard InChI is InChI=1S/C28H32FN3O4S/c1-4-18-30-28(34)22(3)31(19-23-12-14-24(29)15-13-23)27(33)20-32(25-8-6-5-7-9-25)37(35,36)26-16-10-21(2)11-17-26/h5-17,22H,4,18-20H2,1-3H3,(H,30,34). The lowest BCUT2D eigenvalue weighted by Gasteiger charge is -2.32. The zero-order valence-electron chi connectivity index (χ0n) is 21.2. The molecule has 1 unspecified atom stereocenters. The van der Waals surface area contributed by atoms with Crippen molar-refractivity contribution in [3.8, 4) is 0 Å². The van der Waals surface area contributed by atoms with Crippen molar-refractivity contribution in [1.29, 1.82) is 0 Å². The minimum atomic E-state index is -4.10. The van der Waals surface area contributed by atoms with Gasteiger partial charge in [-0.3, -0.25) is 13.9 Å². The maximum atomic E-state index is 13.7. The number of nitrogens with one attached hydrogen (secondary N) is 1. The summed E-state index contributed by atoms with van der Waals surface area (Å²) in [6.45, 7) is 5.29. The Morgan fingerprint density at radius 2 is 1.57 bits per heavy atom. The number of para-hydroxylation sites is 1. The van der Waals surface area contributed by atoms with E-state index in [0.717, 1.165) is 16.3 Å². The Morgan fingerprint density at radius 1 is 0.946 bits per heavy atom. The molecule has 0 aliphatic carbocycles. The van der Waals surface area contributed by atoms with Crippen molar-refractivity contribution in [3.05, 3.63) is 95.8 Å². The topological polar surface area (TPSA) is 86.8 Å². The first kappa shape index (κ1) is 27.9. The molecule has 0 bridgehead atoms. The van der Waals surface area contributed by atoms with Crippen LogP contribution in [0.3, 0.4) is 0 Å². The lowest BCUT2D eigenvalue weighted by molar-refractivity contribution is -0.139. The average Bonchev–Trinajstić information content (AvgIpc) is 2.90. The summed E-state index contributed by atoms with van der Waals surface area (Å²) in [7, 11) is -4.10. The van der Waals surface area contributed by atoms with Crippen LogP contribution in [0.15, 0.2) is 83.8 Å². The van der Waals surface area contributed by atoms with Crippen LogP contribution in [0, 0.1) is 12.7 Å². The third kappa shape index (κ3) is 7.16. The Morgan fingerprint density at radius 3 is 2.16 bits per heavy atom. The van der Waals surface area contributed by atoms with Crippen molar-refractivity contribution in [2.24, 2.45) is 0 Å². The highest BCUT2D eigenvalue weighted by atomic mass is 32.2. The van der Waals surface area contributed by atoms with Crippen molar-refractivity contribution in [2.45, 2.75) is 44.7 Å². The Kier molecular flexibility index (Phi) is 9.41. The number of hydrogen-bond acceptors (Lipinski definition) is 4. The number of halogens is 1. The number of nitrogens with zero attached hydrogens (tertiary/aromatic N) is 2. The number of hydrogen-bond donors (Lipinski definition) is 1. The molecule has 0 spiro atoms. The van der Waals surface area contributed by atoms with Gasteiger partial charge in [-0.25, -0.2) is 12.8 Å². The molecule has 0 aliphatic heterocycles. The Bertz CT molecular complexity index is 1300. The Labute approximate surface area is 218 Å². The molecule has 0 aromatic heterocycles. The molecule has 1 atom stereocenters. The molecule has 0 saturated heterocycles. The monoisotopic (exact) mass is 525 g/mol. The second-order valence-electron chi connectivity index (χ2n) is 8.78. The number of benzene rings is 3. The number of sulfonamides is 1. The molecule has 7 nitrogen and oxygen atoms in total. The predicted octanol–water partition coefficient (Wildman–Crippen LogP) is 4.27. The molecule has 1 N–H and O–H groups in total. The third-order valence-corrected chi connectivity index (χ3v) is 7.70. The SMILES string of the molecule is CCCNC(=O)C(C)N(Cc1ccc(F)cc1)C(=O)CN(c1ccccc1)S(=O)(=O)c1ccc(C)cc1. The van der Waals surface area contributed by atoms with E-state index in [1.54, 1.807) is 49.4 Å². The molecule has 0 fully saturated rings. The summed E-state index contributed by atoms with van der Waals surface area (Å²) in [5.41, 5.74) is 1.83. The first-order chi connectivity index (χ1) is 17.6. The van der Waals surface area contributed by atoms with Crippen molar-refractivity contribution in [3.63, 3.8) is 0 Å². The van der Waals surface area contributed by atoms with Crippen LogP contribution in [0.4, 0.5) is 10.1 Å². The molecule has 196 valence electrons. The van der Waals surface area contributed by atoms with E-state index >= 15 is 0 Å². The van der Waals surface area contributed by atoms with Crippen LogP contribution >= 0.6 is 0 Å². The summed E-state index contributed by atoms with van der Waals surface area (Å²) in [4.78, 5) is 27.9. The van der Waals surface area contributed by atoms with E-state index in [-0.39, 0.29) is 17.3 Å². The molecule has 0 heterocycles. The quantitative estimate of drug-likeness (QED) is 0.405. The predicted molar refractivity (Wildman–Crippen MR) is 142 cm³/mol. The van der Waals surface area contributed by atoms with E-state index < -0.39 is 34.3 Å². The number of carbonyl (C=O) groups is 2. The summed E-state index contributed by atoms with van der Waals surface area (Å²) >= 11 is 0. The summed E-state index contributed by atoms with van der Waals surface area (Å²) in [5.74, 6) is -1.34. The molecular formula is C28H32FN3O4S. The van der Waals surface area contributed by atoms with Crippen LogP contribution in [0.5, 0.6) is 0 Å².